The number of hydrogen-bond acceptors (Lipinski definition) is 2. The summed E-state index contributed by atoms with van der Waals surface area (Å²) in [5, 5.41) is 12.9. The molecule has 2 rings (SSSR count). The van der Waals surface area contributed by atoms with E-state index in [-0.39, 0.29) is 24.4 Å². The summed E-state index contributed by atoms with van der Waals surface area (Å²) in [4.78, 5) is 14.0. The normalized spacial score (nSPS) is 17.8. The molecule has 2 amide bonds. The fourth-order valence-corrected chi connectivity index (χ4v) is 2.97. The van der Waals surface area contributed by atoms with Crippen molar-refractivity contribution in [2.75, 3.05) is 13.1 Å². The van der Waals surface area contributed by atoms with Gasteiger partial charge in [-0.15, -0.1) is 0 Å². The molecular formula is C17H25FN2O2. The Morgan fingerprint density at radius 2 is 2.23 bits per heavy atom. The molecule has 1 aromatic rings. The highest BCUT2D eigenvalue weighted by Crippen LogP contribution is 2.30. The van der Waals surface area contributed by atoms with Crippen LogP contribution >= 0.6 is 0 Å². The van der Waals surface area contributed by atoms with Gasteiger partial charge in [0.1, 0.15) is 5.82 Å². The van der Waals surface area contributed by atoms with Crippen LogP contribution in [-0.2, 0) is 6.42 Å². The van der Waals surface area contributed by atoms with Gasteiger partial charge in [-0.05, 0) is 63.3 Å². The predicted molar refractivity (Wildman–Crippen MR) is 84.2 cm³/mol. The molecule has 0 spiro atoms. The number of amides is 2. The van der Waals surface area contributed by atoms with Gasteiger partial charge >= 0.3 is 6.03 Å². The molecule has 1 unspecified atom stereocenters. The maximum atomic E-state index is 13.3. The van der Waals surface area contributed by atoms with E-state index in [0.717, 1.165) is 30.4 Å². The van der Waals surface area contributed by atoms with Crippen molar-refractivity contribution in [3.63, 3.8) is 0 Å². The average Bonchev–Trinajstić information content (AvgIpc) is 2.43. The molecule has 0 bridgehead atoms. The van der Waals surface area contributed by atoms with Crippen molar-refractivity contribution in [1.82, 2.24) is 10.2 Å². The first-order valence-electron chi connectivity index (χ1n) is 7.86. The largest absolute Gasteiger partial charge is 0.389 e. The van der Waals surface area contributed by atoms with Crippen molar-refractivity contribution in [1.29, 1.82) is 0 Å². The molecule has 0 fully saturated rings. The fourth-order valence-electron chi connectivity index (χ4n) is 2.97. The van der Waals surface area contributed by atoms with Crippen molar-refractivity contribution in [2.24, 2.45) is 0 Å². The van der Waals surface area contributed by atoms with Gasteiger partial charge in [-0.25, -0.2) is 9.18 Å². The van der Waals surface area contributed by atoms with E-state index in [1.165, 1.54) is 6.07 Å². The van der Waals surface area contributed by atoms with Gasteiger partial charge in [-0.1, -0.05) is 6.07 Å². The lowest BCUT2D eigenvalue weighted by atomic mass is 9.87. The van der Waals surface area contributed by atoms with Crippen molar-refractivity contribution in [3.05, 3.63) is 35.1 Å². The molecular weight excluding hydrogens is 283 g/mol. The van der Waals surface area contributed by atoms with Crippen LogP contribution in [0.5, 0.6) is 0 Å². The first-order valence-corrected chi connectivity index (χ1v) is 7.86. The van der Waals surface area contributed by atoms with E-state index in [1.807, 2.05) is 6.92 Å². The van der Waals surface area contributed by atoms with Crippen molar-refractivity contribution >= 4 is 6.03 Å². The SMILES string of the molecule is CCN(CC(C)(C)O)C(=O)NC1CCCc2cc(F)ccc21. The first kappa shape index (κ1) is 16.7. The second kappa shape index (κ2) is 6.65. The lowest BCUT2D eigenvalue weighted by Crippen LogP contribution is -2.48. The van der Waals surface area contributed by atoms with Crippen molar-refractivity contribution in [2.45, 2.75) is 51.7 Å². The molecule has 4 nitrogen and oxygen atoms in total. The monoisotopic (exact) mass is 308 g/mol. The van der Waals surface area contributed by atoms with E-state index >= 15 is 0 Å². The third-order valence-electron chi connectivity index (χ3n) is 3.96. The number of rotatable bonds is 4. The fraction of sp³-hybridized carbons (Fsp3) is 0.588. The zero-order valence-electron chi connectivity index (χ0n) is 13.5. The van der Waals surface area contributed by atoms with E-state index in [2.05, 4.69) is 5.32 Å². The molecule has 0 saturated heterocycles. The highest BCUT2D eigenvalue weighted by Gasteiger charge is 2.26. The van der Waals surface area contributed by atoms with Crippen LogP contribution in [0.1, 0.15) is 50.8 Å². The Morgan fingerprint density at radius 3 is 2.86 bits per heavy atom. The quantitative estimate of drug-likeness (QED) is 0.898. The van der Waals surface area contributed by atoms with E-state index in [9.17, 15) is 14.3 Å². The van der Waals surface area contributed by atoms with Crippen LogP contribution < -0.4 is 5.32 Å². The topological polar surface area (TPSA) is 52.6 Å². The molecule has 1 atom stereocenters. The Hall–Kier alpha value is -1.62. The smallest absolute Gasteiger partial charge is 0.317 e. The minimum absolute atomic E-state index is 0.0901. The molecule has 1 aliphatic rings. The van der Waals surface area contributed by atoms with E-state index < -0.39 is 5.60 Å². The number of carbonyl (C=O) groups excluding carboxylic acids is 1. The van der Waals surface area contributed by atoms with E-state index in [0.29, 0.717) is 6.54 Å². The van der Waals surface area contributed by atoms with Crippen LogP contribution in [0.3, 0.4) is 0 Å². The summed E-state index contributed by atoms with van der Waals surface area (Å²) in [5.41, 5.74) is 1.04. The molecule has 1 aromatic carbocycles. The maximum Gasteiger partial charge on any atom is 0.317 e. The summed E-state index contributed by atoms with van der Waals surface area (Å²) in [6.07, 6.45) is 2.63. The summed E-state index contributed by atoms with van der Waals surface area (Å²) in [6.45, 7) is 6.05. The number of aliphatic hydroxyl groups is 1. The zero-order valence-corrected chi connectivity index (χ0v) is 13.5. The second-order valence-corrected chi connectivity index (χ2v) is 6.56. The van der Waals surface area contributed by atoms with Crippen LogP contribution in [0.25, 0.3) is 0 Å². The molecule has 0 heterocycles. The van der Waals surface area contributed by atoms with Gasteiger partial charge in [0.05, 0.1) is 18.2 Å². The number of likely N-dealkylation sites (N-methyl/N-ethyl adjacent to an activating group) is 1. The zero-order chi connectivity index (χ0) is 16.3. The Kier molecular flexibility index (Phi) is 5.06. The van der Waals surface area contributed by atoms with Crippen LogP contribution in [-0.4, -0.2) is 34.7 Å². The van der Waals surface area contributed by atoms with Gasteiger partial charge in [-0.2, -0.15) is 0 Å². The summed E-state index contributed by atoms with van der Waals surface area (Å²) < 4.78 is 13.3. The number of urea groups is 1. The third-order valence-corrected chi connectivity index (χ3v) is 3.96. The number of hydrogen-bond donors (Lipinski definition) is 2. The van der Waals surface area contributed by atoms with Gasteiger partial charge in [0.2, 0.25) is 0 Å². The Balaban J connectivity index is 2.09. The van der Waals surface area contributed by atoms with Crippen molar-refractivity contribution < 1.29 is 14.3 Å². The highest BCUT2D eigenvalue weighted by atomic mass is 19.1. The van der Waals surface area contributed by atoms with Gasteiger partial charge in [0.15, 0.2) is 0 Å². The Morgan fingerprint density at radius 1 is 1.50 bits per heavy atom. The van der Waals surface area contributed by atoms with Crippen molar-refractivity contribution in [3.8, 4) is 0 Å². The Labute approximate surface area is 131 Å². The maximum absolute atomic E-state index is 13.3. The predicted octanol–water partition coefficient (Wildman–Crippen LogP) is 3.01. The highest BCUT2D eigenvalue weighted by molar-refractivity contribution is 5.75. The molecule has 1 aliphatic carbocycles. The van der Waals surface area contributed by atoms with Gasteiger partial charge in [0, 0.05) is 6.54 Å². The van der Waals surface area contributed by atoms with Gasteiger partial charge in [-0.3, -0.25) is 0 Å². The molecule has 0 saturated carbocycles. The number of aryl methyl sites for hydroxylation is 1. The molecule has 0 radical (unpaired) electrons. The molecule has 0 aromatic heterocycles. The minimum Gasteiger partial charge on any atom is -0.389 e. The number of carbonyl (C=O) groups is 1. The van der Waals surface area contributed by atoms with E-state index in [1.54, 1.807) is 30.9 Å². The van der Waals surface area contributed by atoms with Gasteiger partial charge in [0.25, 0.3) is 0 Å². The summed E-state index contributed by atoms with van der Waals surface area (Å²) in [5.74, 6) is -0.233. The third kappa shape index (κ3) is 4.19. The standard InChI is InChI=1S/C17H25FN2O2/c1-4-20(11-17(2,3)22)16(21)19-15-7-5-6-12-10-13(18)8-9-14(12)15/h8-10,15,22H,4-7,11H2,1-3H3,(H,19,21). The summed E-state index contributed by atoms with van der Waals surface area (Å²) in [7, 11) is 0. The second-order valence-electron chi connectivity index (χ2n) is 6.56. The summed E-state index contributed by atoms with van der Waals surface area (Å²) in [6, 6.07) is 4.49. The van der Waals surface area contributed by atoms with Crippen LogP contribution in [0.2, 0.25) is 0 Å². The lowest BCUT2D eigenvalue weighted by Gasteiger charge is -2.32. The number of nitrogens with zero attached hydrogens (tertiary/aromatic N) is 1. The van der Waals surface area contributed by atoms with Crippen LogP contribution in [0.15, 0.2) is 18.2 Å². The lowest BCUT2D eigenvalue weighted by molar-refractivity contribution is 0.0474. The minimum atomic E-state index is -0.930. The van der Waals surface area contributed by atoms with Crippen LogP contribution in [0, 0.1) is 5.82 Å². The number of nitrogens with one attached hydrogen (secondary N) is 1. The molecule has 0 aliphatic heterocycles. The Bertz CT molecular complexity index is 540. The molecule has 122 valence electrons. The van der Waals surface area contributed by atoms with Crippen LogP contribution in [0.4, 0.5) is 9.18 Å². The number of halogens is 1. The number of fused-ring (bicyclic) bond motifs is 1. The number of benzene rings is 1. The molecule has 2 N–H and O–H groups in total. The summed E-state index contributed by atoms with van der Waals surface area (Å²) >= 11 is 0. The molecule has 22 heavy (non-hydrogen) atoms. The van der Waals surface area contributed by atoms with Gasteiger partial charge < -0.3 is 15.3 Å². The average molecular weight is 308 g/mol. The molecule has 5 heteroatoms. The first-order chi connectivity index (χ1) is 10.3. The van der Waals surface area contributed by atoms with E-state index in [4.69, 9.17) is 0 Å².